The number of alkyl halides is 3. The van der Waals surface area contributed by atoms with Gasteiger partial charge in [-0.05, 0) is 36.8 Å². The number of fused-ring (bicyclic) bond motifs is 1. The first-order valence-corrected chi connectivity index (χ1v) is 10.9. The van der Waals surface area contributed by atoms with Gasteiger partial charge in [0.1, 0.15) is 17.4 Å². The molecule has 1 aliphatic rings. The number of imidazole rings is 1. The Morgan fingerprint density at radius 1 is 1.20 bits per heavy atom. The van der Waals surface area contributed by atoms with Gasteiger partial charge in [-0.3, -0.25) is 18.8 Å². The molecule has 0 bridgehead atoms. The number of nitrogens with zero attached hydrogens (tertiary/aromatic N) is 3. The topological polar surface area (TPSA) is 93.0 Å². The quantitative estimate of drug-likeness (QED) is 0.576. The lowest BCUT2D eigenvalue weighted by atomic mass is 9.98. The Balaban J connectivity index is 1.36. The predicted molar refractivity (Wildman–Crippen MR) is 119 cm³/mol. The highest BCUT2D eigenvalue weighted by Gasteiger charge is 2.34. The van der Waals surface area contributed by atoms with E-state index in [2.05, 4.69) is 10.3 Å². The zero-order chi connectivity index (χ0) is 25.2. The molecule has 4 rings (SSSR count). The summed E-state index contributed by atoms with van der Waals surface area (Å²) in [4.78, 5) is 43.5. The van der Waals surface area contributed by atoms with E-state index in [9.17, 15) is 27.6 Å². The van der Waals surface area contributed by atoms with Gasteiger partial charge >= 0.3 is 6.18 Å². The van der Waals surface area contributed by atoms with Crippen LogP contribution >= 0.6 is 0 Å². The smallest absolute Gasteiger partial charge is 0.370 e. The summed E-state index contributed by atoms with van der Waals surface area (Å²) in [5.74, 6) is -1.41. The fourth-order valence-corrected chi connectivity index (χ4v) is 4.03. The van der Waals surface area contributed by atoms with Gasteiger partial charge in [0.15, 0.2) is 5.78 Å². The zero-order valence-corrected chi connectivity index (χ0v) is 18.8. The van der Waals surface area contributed by atoms with Crippen LogP contribution in [-0.2, 0) is 15.7 Å². The minimum Gasteiger partial charge on any atom is -0.370 e. The van der Waals surface area contributed by atoms with E-state index in [0.29, 0.717) is 12.1 Å². The first kappa shape index (κ1) is 24.4. The number of Topliss-reactive ketones (excluding diaryl/α,β-unsaturated/α-hetero) is 1. The number of pyridine rings is 1. The van der Waals surface area contributed by atoms with Crippen LogP contribution < -0.4 is 5.32 Å². The maximum Gasteiger partial charge on any atom is 0.416 e. The summed E-state index contributed by atoms with van der Waals surface area (Å²) in [5, 5.41) is 2.57. The van der Waals surface area contributed by atoms with Gasteiger partial charge < -0.3 is 15.0 Å². The Bertz CT molecular complexity index is 1260. The second-order valence-electron chi connectivity index (χ2n) is 8.25. The number of halogens is 3. The van der Waals surface area contributed by atoms with Crippen molar-refractivity contribution in [3.8, 4) is 0 Å². The third-order valence-electron chi connectivity index (χ3n) is 5.99. The Labute approximate surface area is 198 Å². The number of carbonyl (C=O) groups excluding carboxylic acids is 3. The monoisotopic (exact) mass is 488 g/mol. The van der Waals surface area contributed by atoms with Crippen LogP contribution in [0.25, 0.3) is 5.65 Å². The van der Waals surface area contributed by atoms with Gasteiger partial charge in [0.25, 0.3) is 11.8 Å². The SMILES string of the molecule is CN(C(=O)c1cccc(C(F)(F)F)c1)[C@@H]1CCO[C@H](C(=O)CNC(=O)c2cnc3ccccn23)C1. The number of ether oxygens (including phenoxy) is 1. The molecule has 2 atom stereocenters. The Hall–Kier alpha value is -3.73. The fraction of sp³-hybridized carbons (Fsp3) is 0.333. The van der Waals surface area contributed by atoms with E-state index in [1.807, 2.05) is 0 Å². The maximum absolute atomic E-state index is 13.0. The largest absolute Gasteiger partial charge is 0.416 e. The average molecular weight is 488 g/mol. The molecule has 1 aromatic carbocycles. The lowest BCUT2D eigenvalue weighted by Gasteiger charge is -2.35. The highest BCUT2D eigenvalue weighted by molar-refractivity contribution is 5.97. The van der Waals surface area contributed by atoms with Crippen molar-refractivity contribution in [3.63, 3.8) is 0 Å². The van der Waals surface area contributed by atoms with Gasteiger partial charge in [0, 0.05) is 37.9 Å². The molecule has 0 radical (unpaired) electrons. The molecule has 0 spiro atoms. The Morgan fingerprint density at radius 3 is 2.77 bits per heavy atom. The molecule has 0 aliphatic carbocycles. The van der Waals surface area contributed by atoms with E-state index in [0.717, 1.165) is 12.1 Å². The molecule has 0 saturated carbocycles. The minimum absolute atomic E-state index is 0.0861. The molecule has 3 aromatic rings. The van der Waals surface area contributed by atoms with Gasteiger partial charge in [-0.15, -0.1) is 0 Å². The summed E-state index contributed by atoms with van der Waals surface area (Å²) in [5.41, 5.74) is -0.117. The number of hydrogen-bond acceptors (Lipinski definition) is 5. The maximum atomic E-state index is 13.0. The minimum atomic E-state index is -4.56. The number of benzene rings is 1. The van der Waals surface area contributed by atoms with Gasteiger partial charge in [-0.2, -0.15) is 13.2 Å². The molecular formula is C24H23F3N4O4. The molecule has 2 aromatic heterocycles. The summed E-state index contributed by atoms with van der Waals surface area (Å²) in [6, 6.07) is 9.11. The summed E-state index contributed by atoms with van der Waals surface area (Å²) in [6.07, 6.45) is -1.71. The molecule has 8 nitrogen and oxygen atoms in total. The summed E-state index contributed by atoms with van der Waals surface area (Å²) in [6.45, 7) is -0.0793. The number of nitrogens with one attached hydrogen (secondary N) is 1. The molecule has 1 aliphatic heterocycles. The van der Waals surface area contributed by atoms with Crippen LogP contribution in [0, 0.1) is 0 Å². The highest BCUT2D eigenvalue weighted by atomic mass is 19.4. The predicted octanol–water partition coefficient (Wildman–Crippen LogP) is 2.97. The number of hydrogen-bond donors (Lipinski definition) is 1. The van der Waals surface area contributed by atoms with Gasteiger partial charge in [-0.1, -0.05) is 12.1 Å². The van der Waals surface area contributed by atoms with Crippen molar-refractivity contribution in [2.24, 2.45) is 0 Å². The van der Waals surface area contributed by atoms with Crippen molar-refractivity contribution >= 4 is 23.2 Å². The van der Waals surface area contributed by atoms with Crippen LogP contribution in [-0.4, -0.2) is 64.2 Å². The van der Waals surface area contributed by atoms with E-state index in [1.165, 1.54) is 30.3 Å². The Morgan fingerprint density at radius 2 is 2.00 bits per heavy atom. The number of ketones is 1. The second-order valence-corrected chi connectivity index (χ2v) is 8.25. The molecule has 11 heteroatoms. The van der Waals surface area contributed by atoms with Crippen LogP contribution in [0.3, 0.4) is 0 Å². The number of rotatable bonds is 6. The van der Waals surface area contributed by atoms with Crippen LogP contribution in [0.2, 0.25) is 0 Å². The molecule has 1 N–H and O–H groups in total. The zero-order valence-electron chi connectivity index (χ0n) is 18.8. The van der Waals surface area contributed by atoms with Gasteiger partial charge in [0.05, 0.1) is 18.3 Å². The molecule has 184 valence electrons. The van der Waals surface area contributed by atoms with E-state index >= 15 is 0 Å². The van der Waals surface area contributed by atoms with Crippen molar-refractivity contribution in [2.75, 3.05) is 20.2 Å². The molecule has 1 fully saturated rings. The first-order chi connectivity index (χ1) is 16.6. The van der Waals surface area contributed by atoms with Crippen molar-refractivity contribution in [1.29, 1.82) is 0 Å². The molecule has 3 heterocycles. The van der Waals surface area contributed by atoms with Crippen molar-refractivity contribution in [2.45, 2.75) is 31.2 Å². The van der Waals surface area contributed by atoms with Crippen LogP contribution in [0.1, 0.15) is 39.3 Å². The number of carbonyl (C=O) groups is 3. The van der Waals surface area contributed by atoms with Crippen LogP contribution in [0.15, 0.2) is 54.9 Å². The third-order valence-corrected chi connectivity index (χ3v) is 5.99. The molecule has 2 amide bonds. The van der Waals surface area contributed by atoms with Crippen molar-refractivity contribution < 1.29 is 32.3 Å². The summed E-state index contributed by atoms with van der Waals surface area (Å²) < 4.78 is 46.2. The van der Waals surface area contributed by atoms with E-state index < -0.39 is 35.7 Å². The number of amides is 2. The van der Waals surface area contributed by atoms with E-state index in [-0.39, 0.29) is 36.6 Å². The highest BCUT2D eigenvalue weighted by Crippen LogP contribution is 2.30. The van der Waals surface area contributed by atoms with Gasteiger partial charge in [-0.25, -0.2) is 4.98 Å². The summed E-state index contributed by atoms with van der Waals surface area (Å²) >= 11 is 0. The number of aromatic nitrogens is 2. The Kier molecular flexibility index (Phi) is 6.88. The standard InChI is InChI=1S/C24H23F3N4O4/c1-30(23(34)15-5-4-6-16(11-15)24(25,26)27)17-8-10-35-20(12-17)19(32)14-29-22(33)18-13-28-21-7-2-3-9-31(18)21/h2-7,9,11,13,17,20H,8,10,12,14H2,1H3,(H,29,33)/t17-,20+/m1/s1. The normalized spacial score (nSPS) is 18.3. The van der Waals surface area contributed by atoms with Crippen molar-refractivity contribution in [3.05, 3.63) is 71.7 Å². The average Bonchev–Trinajstić information content (AvgIpc) is 3.30. The van der Waals surface area contributed by atoms with Crippen LogP contribution in [0.5, 0.6) is 0 Å². The molecule has 35 heavy (non-hydrogen) atoms. The van der Waals surface area contributed by atoms with E-state index in [1.54, 1.807) is 28.8 Å². The van der Waals surface area contributed by atoms with Crippen molar-refractivity contribution in [1.82, 2.24) is 19.6 Å². The van der Waals surface area contributed by atoms with Gasteiger partial charge in [0.2, 0.25) is 0 Å². The molecule has 1 saturated heterocycles. The first-order valence-electron chi connectivity index (χ1n) is 10.9. The fourth-order valence-electron chi connectivity index (χ4n) is 4.03. The lowest BCUT2D eigenvalue weighted by molar-refractivity contribution is -0.137. The molecular weight excluding hydrogens is 465 g/mol. The third kappa shape index (κ3) is 5.35. The van der Waals surface area contributed by atoms with Crippen LogP contribution in [0.4, 0.5) is 13.2 Å². The molecule has 0 unspecified atom stereocenters. The second kappa shape index (κ2) is 9.87. The van der Waals surface area contributed by atoms with E-state index in [4.69, 9.17) is 4.74 Å². The lowest BCUT2D eigenvalue weighted by Crippen LogP contribution is -2.47. The summed E-state index contributed by atoms with van der Waals surface area (Å²) in [7, 11) is 1.49.